The molecule has 0 radical (unpaired) electrons. The molecule has 216 valence electrons. The fourth-order valence-electron chi connectivity index (χ4n) is 6.05. The number of hydrogen-bond donors (Lipinski definition) is 0. The first-order valence-electron chi connectivity index (χ1n) is 14.4. The van der Waals surface area contributed by atoms with Crippen LogP contribution < -0.4 is 10.4 Å². The predicted molar refractivity (Wildman–Crippen MR) is 161 cm³/mol. The number of ether oxygens (including phenoxy) is 4. The highest BCUT2D eigenvalue weighted by Crippen LogP contribution is 2.47. The zero-order chi connectivity index (χ0) is 28.9. The van der Waals surface area contributed by atoms with Crippen molar-refractivity contribution in [2.75, 3.05) is 13.7 Å². The number of rotatable bonds is 8. The van der Waals surface area contributed by atoms with E-state index in [1.165, 1.54) is 13.2 Å². The summed E-state index contributed by atoms with van der Waals surface area (Å²) in [6.45, 7) is 7.58. The Morgan fingerprint density at radius 2 is 1.51 bits per heavy atom. The number of carbonyl (C=O) groups is 1. The third-order valence-corrected chi connectivity index (χ3v) is 13.0. The Morgan fingerprint density at radius 3 is 2.02 bits per heavy atom. The van der Waals surface area contributed by atoms with Gasteiger partial charge in [-0.25, -0.2) is 4.79 Å². The molecule has 0 aliphatic carbocycles. The number of methoxy groups -OCH3 is 1. The fourth-order valence-corrected chi connectivity index (χ4v) is 10.7. The molecular formula is C34H40O6Si. The molecule has 2 aliphatic heterocycles. The van der Waals surface area contributed by atoms with Gasteiger partial charge in [-0.2, -0.15) is 0 Å². The minimum absolute atomic E-state index is 0.292. The van der Waals surface area contributed by atoms with Crippen LogP contribution in [0.5, 0.6) is 0 Å². The van der Waals surface area contributed by atoms with Crippen LogP contribution in [0, 0.1) is 0 Å². The van der Waals surface area contributed by atoms with E-state index >= 15 is 0 Å². The highest BCUT2D eigenvalue weighted by molar-refractivity contribution is 6.99. The molecule has 3 aromatic rings. The number of hydrogen-bond acceptors (Lipinski definition) is 6. The van der Waals surface area contributed by atoms with Crippen LogP contribution in [0.4, 0.5) is 0 Å². The number of esters is 1. The van der Waals surface area contributed by atoms with E-state index in [1.807, 2.05) is 42.5 Å². The Hall–Kier alpha value is -3.23. The van der Waals surface area contributed by atoms with Crippen molar-refractivity contribution in [1.29, 1.82) is 0 Å². The maximum Gasteiger partial charge on any atom is 0.333 e. The van der Waals surface area contributed by atoms with Gasteiger partial charge in [0.2, 0.25) is 5.79 Å². The Bertz CT molecular complexity index is 1270. The Kier molecular flexibility index (Phi) is 8.80. The second-order valence-corrected chi connectivity index (χ2v) is 16.0. The van der Waals surface area contributed by atoms with Gasteiger partial charge < -0.3 is 23.4 Å². The second kappa shape index (κ2) is 12.3. The van der Waals surface area contributed by atoms with Crippen molar-refractivity contribution in [3.05, 3.63) is 108 Å². The molecule has 0 unspecified atom stereocenters. The van der Waals surface area contributed by atoms with E-state index in [4.69, 9.17) is 23.4 Å². The molecule has 41 heavy (non-hydrogen) atoms. The monoisotopic (exact) mass is 572 g/mol. The molecule has 7 heteroatoms. The average molecular weight is 573 g/mol. The van der Waals surface area contributed by atoms with Crippen molar-refractivity contribution < 1.29 is 28.2 Å². The predicted octanol–water partition coefficient (Wildman–Crippen LogP) is 5.50. The maximum absolute atomic E-state index is 12.7. The molecule has 3 atom stereocenters. The maximum atomic E-state index is 12.7. The van der Waals surface area contributed by atoms with Gasteiger partial charge in [0.25, 0.3) is 8.32 Å². The van der Waals surface area contributed by atoms with E-state index in [-0.39, 0.29) is 5.04 Å². The average Bonchev–Trinajstić information content (AvgIpc) is 3.25. The quantitative estimate of drug-likeness (QED) is 0.202. The topological polar surface area (TPSA) is 63.2 Å². The van der Waals surface area contributed by atoms with Crippen LogP contribution in [0.2, 0.25) is 5.04 Å². The zero-order valence-electron chi connectivity index (χ0n) is 24.4. The fraction of sp³-hybridized carbons (Fsp3) is 0.382. The highest BCUT2D eigenvalue weighted by atomic mass is 28.4. The lowest BCUT2D eigenvalue weighted by Gasteiger charge is -2.45. The summed E-state index contributed by atoms with van der Waals surface area (Å²) in [7, 11) is -1.69. The summed E-state index contributed by atoms with van der Waals surface area (Å²) in [5.74, 6) is -1.20. The molecule has 2 heterocycles. The third kappa shape index (κ3) is 5.90. The molecular weight excluding hydrogens is 532 g/mol. The summed E-state index contributed by atoms with van der Waals surface area (Å²) in [4.78, 5) is 12.7. The lowest BCUT2D eigenvalue weighted by atomic mass is 9.98. The summed E-state index contributed by atoms with van der Waals surface area (Å²) >= 11 is 0. The Labute approximate surface area is 244 Å². The molecule has 1 spiro atoms. The van der Waals surface area contributed by atoms with Crippen LogP contribution in [-0.2, 0) is 34.8 Å². The molecule has 0 amide bonds. The lowest BCUT2D eigenvalue weighted by Crippen LogP contribution is -2.68. The summed E-state index contributed by atoms with van der Waals surface area (Å²) in [5.41, 5.74) is 1.04. The molecule has 2 aliphatic rings. The molecule has 2 fully saturated rings. The number of benzene rings is 3. The largest absolute Gasteiger partial charge is 0.466 e. The second-order valence-electron chi connectivity index (χ2n) is 11.7. The van der Waals surface area contributed by atoms with Crippen LogP contribution in [-0.4, -0.2) is 46.0 Å². The zero-order valence-corrected chi connectivity index (χ0v) is 25.4. The van der Waals surface area contributed by atoms with Gasteiger partial charge in [-0.15, -0.1) is 0 Å². The molecule has 0 N–H and O–H groups in total. The van der Waals surface area contributed by atoms with Crippen molar-refractivity contribution >= 4 is 24.7 Å². The minimum atomic E-state index is -3.06. The first-order valence-corrected chi connectivity index (χ1v) is 16.3. The standard InChI is InChI=1S/C34H40O6Si/c1-33(2,3)41(27-18-10-6-11-19-27,28-20-12-7-13-21-28)40-31-29(24-30(35)36-4)39-34(22-14-15-23-38-34)32(31)37-25-26-16-8-5-9-17-26/h5-13,16-21,24,31-32H,14-15,22-23,25H2,1-4H3/t31-,32+,34+/m0/s1. The van der Waals surface area contributed by atoms with E-state index in [0.717, 1.165) is 28.8 Å². The first-order chi connectivity index (χ1) is 19.8. The number of carbonyl (C=O) groups excluding carboxylic acids is 1. The van der Waals surface area contributed by atoms with E-state index in [1.54, 1.807) is 0 Å². The van der Waals surface area contributed by atoms with Gasteiger partial charge >= 0.3 is 5.97 Å². The van der Waals surface area contributed by atoms with Crippen LogP contribution >= 0.6 is 0 Å². The van der Waals surface area contributed by atoms with Crippen LogP contribution in [0.1, 0.15) is 45.6 Å². The normalized spacial score (nSPS) is 23.9. The van der Waals surface area contributed by atoms with Gasteiger partial charge in [0, 0.05) is 6.42 Å². The van der Waals surface area contributed by atoms with E-state index in [9.17, 15) is 4.79 Å². The molecule has 0 aromatic heterocycles. The van der Waals surface area contributed by atoms with Crippen molar-refractivity contribution in [3.8, 4) is 0 Å². The summed E-state index contributed by atoms with van der Waals surface area (Å²) in [6, 6.07) is 30.9. The van der Waals surface area contributed by atoms with Crippen LogP contribution in [0.3, 0.4) is 0 Å². The van der Waals surface area contributed by atoms with E-state index < -0.39 is 32.3 Å². The summed E-state index contributed by atoms with van der Waals surface area (Å²) < 4.78 is 32.4. The van der Waals surface area contributed by atoms with Crippen molar-refractivity contribution in [2.24, 2.45) is 0 Å². The molecule has 5 rings (SSSR count). The SMILES string of the molecule is COC(=O)C=C1O[C@]2(CCCCO2)[C@H](OCc2ccccc2)[C@H]1O[Si](c1ccccc1)(c1ccccc1)C(C)(C)C. The first kappa shape index (κ1) is 29.3. The minimum Gasteiger partial charge on any atom is -0.466 e. The van der Waals surface area contributed by atoms with E-state index in [0.29, 0.717) is 25.4 Å². The van der Waals surface area contributed by atoms with Gasteiger partial charge in [0.15, 0.2) is 6.10 Å². The molecule has 6 nitrogen and oxygen atoms in total. The Balaban J connectivity index is 1.67. The van der Waals surface area contributed by atoms with Gasteiger partial charge in [-0.05, 0) is 33.8 Å². The van der Waals surface area contributed by atoms with Gasteiger partial charge in [-0.1, -0.05) is 112 Å². The van der Waals surface area contributed by atoms with Gasteiger partial charge in [0.1, 0.15) is 11.9 Å². The van der Waals surface area contributed by atoms with Gasteiger partial charge in [0.05, 0.1) is 26.4 Å². The lowest BCUT2D eigenvalue weighted by molar-refractivity contribution is -0.268. The van der Waals surface area contributed by atoms with Crippen LogP contribution in [0.25, 0.3) is 0 Å². The van der Waals surface area contributed by atoms with Crippen molar-refractivity contribution in [3.63, 3.8) is 0 Å². The molecule has 2 saturated heterocycles. The molecule has 0 saturated carbocycles. The third-order valence-electron chi connectivity index (χ3n) is 8.00. The van der Waals surface area contributed by atoms with Crippen molar-refractivity contribution in [1.82, 2.24) is 0 Å². The van der Waals surface area contributed by atoms with Crippen molar-refractivity contribution in [2.45, 2.75) is 69.7 Å². The highest BCUT2D eigenvalue weighted by Gasteiger charge is 2.61. The van der Waals surface area contributed by atoms with Gasteiger partial charge in [-0.3, -0.25) is 0 Å². The summed E-state index contributed by atoms with van der Waals surface area (Å²) in [6.07, 6.45) is 2.57. The molecule has 0 bridgehead atoms. The Morgan fingerprint density at radius 1 is 0.927 bits per heavy atom. The summed E-state index contributed by atoms with van der Waals surface area (Å²) in [5, 5.41) is 1.96. The van der Waals surface area contributed by atoms with Crippen LogP contribution in [0.15, 0.2) is 103 Å². The molecule has 3 aromatic carbocycles. The smallest absolute Gasteiger partial charge is 0.333 e. The van der Waals surface area contributed by atoms with E-state index in [2.05, 4.69) is 69.3 Å².